The zero-order valence-electron chi connectivity index (χ0n) is 7.67. The van der Waals surface area contributed by atoms with E-state index >= 15 is 0 Å². The molecule has 0 fully saturated rings. The van der Waals surface area contributed by atoms with Gasteiger partial charge in [0.05, 0.1) is 0 Å². The van der Waals surface area contributed by atoms with Crippen LogP contribution in [0, 0.1) is 0 Å². The molecule has 13 heavy (non-hydrogen) atoms. The fraction of sp³-hybridized carbons (Fsp3) is 1.00. The summed E-state index contributed by atoms with van der Waals surface area (Å²) in [6.45, 7) is 0. The summed E-state index contributed by atoms with van der Waals surface area (Å²) in [4.78, 5) is 0. The van der Waals surface area contributed by atoms with Gasteiger partial charge in [0.2, 0.25) is 0 Å². The van der Waals surface area contributed by atoms with Gasteiger partial charge >= 0.3 is 6.00 Å². The van der Waals surface area contributed by atoms with Gasteiger partial charge in [-0.1, -0.05) is 54.7 Å². The number of hydrogen-bond donors (Lipinski definition) is 0. The molecule has 0 heterocycles. The van der Waals surface area contributed by atoms with Crippen molar-refractivity contribution in [2.24, 2.45) is 0 Å². The minimum atomic E-state index is -2.32. The predicted octanol–water partition coefficient (Wildman–Crippen LogP) is 5.42. The summed E-state index contributed by atoms with van der Waals surface area (Å²) < 4.78 is 1.28. The Bertz CT molecular complexity index is 116. The minimum Gasteiger partial charge on any atom is -0.126 e. The van der Waals surface area contributed by atoms with Crippen molar-refractivity contribution in [2.75, 3.05) is 4.43 Å². The normalized spacial score (nSPS) is 12.0. The maximum atomic E-state index is 5.76. The summed E-state index contributed by atoms with van der Waals surface area (Å²) in [5.41, 5.74) is 0. The molecule has 0 aliphatic rings. The molecular formula is C8H16Cl3ISi. The Kier molecular flexibility index (Phi) is 10.3. The summed E-state index contributed by atoms with van der Waals surface area (Å²) >= 11 is 19.7. The lowest BCUT2D eigenvalue weighted by molar-refractivity contribution is 0.628. The molecule has 0 bridgehead atoms. The lowest BCUT2D eigenvalue weighted by Crippen LogP contribution is -2.07. The Morgan fingerprint density at radius 1 is 0.769 bits per heavy atom. The van der Waals surface area contributed by atoms with E-state index in [1.165, 1.54) is 36.5 Å². The van der Waals surface area contributed by atoms with E-state index in [2.05, 4.69) is 22.6 Å². The van der Waals surface area contributed by atoms with Gasteiger partial charge in [-0.05, 0) is 16.9 Å². The summed E-state index contributed by atoms with van der Waals surface area (Å²) in [6.07, 6.45) is 7.65. The van der Waals surface area contributed by atoms with E-state index < -0.39 is 6.00 Å². The zero-order chi connectivity index (χ0) is 10.2. The van der Waals surface area contributed by atoms with Crippen molar-refractivity contribution in [1.29, 1.82) is 0 Å². The van der Waals surface area contributed by atoms with Crippen molar-refractivity contribution in [3.05, 3.63) is 0 Å². The highest BCUT2D eigenvalue weighted by Crippen LogP contribution is 2.27. The Balaban J connectivity index is 3.00. The Labute approximate surface area is 110 Å². The van der Waals surface area contributed by atoms with Gasteiger partial charge in [-0.15, -0.1) is 33.2 Å². The smallest absolute Gasteiger partial charge is 0.126 e. The molecule has 0 amide bonds. The molecular weight excluding hydrogens is 357 g/mol. The van der Waals surface area contributed by atoms with Crippen LogP contribution in [0.5, 0.6) is 0 Å². The topological polar surface area (TPSA) is 0 Å². The second kappa shape index (κ2) is 9.07. The Morgan fingerprint density at radius 3 is 1.69 bits per heavy atom. The molecule has 0 saturated carbocycles. The highest BCUT2D eigenvalue weighted by Gasteiger charge is 2.23. The van der Waals surface area contributed by atoms with Gasteiger partial charge in [0.1, 0.15) is 0 Å². The molecule has 5 heteroatoms. The maximum Gasteiger partial charge on any atom is 0.341 e. The van der Waals surface area contributed by atoms with Crippen LogP contribution < -0.4 is 0 Å². The second-order valence-electron chi connectivity index (χ2n) is 3.18. The molecule has 0 spiro atoms. The number of halogens is 4. The molecule has 0 saturated heterocycles. The first-order valence-electron chi connectivity index (χ1n) is 4.69. The third-order valence-corrected chi connectivity index (χ3v) is 5.23. The molecule has 0 atom stereocenters. The predicted molar refractivity (Wildman–Crippen MR) is 74.7 cm³/mol. The first-order valence-corrected chi connectivity index (χ1v) is 11.5. The SMILES string of the molecule is Cl[Si](Cl)(Cl)CCCCCCCCI. The van der Waals surface area contributed by atoms with Gasteiger partial charge in [0.15, 0.2) is 0 Å². The first-order chi connectivity index (χ1) is 6.06. The van der Waals surface area contributed by atoms with Crippen molar-refractivity contribution in [2.45, 2.75) is 44.6 Å². The van der Waals surface area contributed by atoms with E-state index in [1.807, 2.05) is 0 Å². The average Bonchev–Trinajstić information content (AvgIpc) is 2.01. The van der Waals surface area contributed by atoms with Gasteiger partial charge < -0.3 is 0 Å². The highest BCUT2D eigenvalue weighted by molar-refractivity contribution is 14.1. The highest BCUT2D eigenvalue weighted by atomic mass is 127. The van der Waals surface area contributed by atoms with Crippen LogP contribution in [0.1, 0.15) is 38.5 Å². The lowest BCUT2D eigenvalue weighted by Gasteiger charge is -2.06. The van der Waals surface area contributed by atoms with Crippen LogP contribution in [0.4, 0.5) is 0 Å². The minimum absolute atomic E-state index is 0.823. The fourth-order valence-electron chi connectivity index (χ4n) is 1.13. The third-order valence-electron chi connectivity index (χ3n) is 1.84. The van der Waals surface area contributed by atoms with Crippen LogP contribution in [-0.2, 0) is 0 Å². The molecule has 0 aromatic carbocycles. The quantitative estimate of drug-likeness (QED) is 0.175. The molecule has 0 aliphatic heterocycles. The average molecular weight is 374 g/mol. The molecule has 80 valence electrons. The van der Waals surface area contributed by atoms with Gasteiger partial charge in [0.25, 0.3) is 0 Å². The van der Waals surface area contributed by atoms with Crippen LogP contribution in [0.25, 0.3) is 0 Å². The van der Waals surface area contributed by atoms with Crippen LogP contribution >= 0.6 is 55.8 Å². The zero-order valence-corrected chi connectivity index (χ0v) is 13.1. The Hall–Kier alpha value is 1.82. The van der Waals surface area contributed by atoms with Crippen LogP contribution in [0.15, 0.2) is 0 Å². The van der Waals surface area contributed by atoms with E-state index in [-0.39, 0.29) is 0 Å². The number of hydrogen-bond acceptors (Lipinski definition) is 0. The van der Waals surface area contributed by atoms with Gasteiger partial charge in [-0.3, -0.25) is 0 Å². The summed E-state index contributed by atoms with van der Waals surface area (Å²) in [5, 5.41) is 0. The van der Waals surface area contributed by atoms with E-state index in [0.717, 1.165) is 12.5 Å². The van der Waals surface area contributed by atoms with Gasteiger partial charge in [-0.2, -0.15) is 0 Å². The molecule has 0 aromatic rings. The fourth-order valence-corrected chi connectivity index (χ4v) is 3.52. The monoisotopic (exact) mass is 372 g/mol. The summed E-state index contributed by atoms with van der Waals surface area (Å²) in [6, 6.07) is -1.49. The molecule has 0 unspecified atom stereocenters. The lowest BCUT2D eigenvalue weighted by atomic mass is 10.1. The van der Waals surface area contributed by atoms with Crippen molar-refractivity contribution in [3.8, 4) is 0 Å². The Morgan fingerprint density at radius 2 is 1.23 bits per heavy atom. The van der Waals surface area contributed by atoms with Crippen molar-refractivity contribution in [3.63, 3.8) is 0 Å². The molecule has 0 aromatic heterocycles. The standard InChI is InChI=1S/C8H16Cl3ISi/c9-13(10,11)8-6-4-2-1-3-5-7-12/h1-8H2. The van der Waals surface area contributed by atoms with Crippen LogP contribution in [0.2, 0.25) is 6.04 Å². The number of alkyl halides is 1. The summed E-state index contributed by atoms with van der Waals surface area (Å²) in [7, 11) is 0. The molecule has 0 nitrogen and oxygen atoms in total. The molecule has 0 aliphatic carbocycles. The number of rotatable bonds is 8. The van der Waals surface area contributed by atoms with Crippen molar-refractivity contribution < 1.29 is 0 Å². The summed E-state index contributed by atoms with van der Waals surface area (Å²) in [5.74, 6) is 0. The van der Waals surface area contributed by atoms with Crippen LogP contribution in [0.3, 0.4) is 0 Å². The molecule has 0 N–H and O–H groups in total. The van der Waals surface area contributed by atoms with E-state index in [1.54, 1.807) is 0 Å². The second-order valence-corrected chi connectivity index (χ2v) is 13.5. The molecule has 0 radical (unpaired) electrons. The van der Waals surface area contributed by atoms with Gasteiger partial charge in [0, 0.05) is 0 Å². The first kappa shape index (κ1) is 14.8. The van der Waals surface area contributed by atoms with Crippen molar-refractivity contribution >= 4 is 61.8 Å². The van der Waals surface area contributed by atoms with Crippen LogP contribution in [-0.4, -0.2) is 10.4 Å². The largest absolute Gasteiger partial charge is 0.341 e. The maximum absolute atomic E-state index is 5.76. The van der Waals surface area contributed by atoms with Crippen molar-refractivity contribution in [1.82, 2.24) is 0 Å². The van der Waals surface area contributed by atoms with E-state index in [9.17, 15) is 0 Å². The van der Waals surface area contributed by atoms with E-state index in [4.69, 9.17) is 33.2 Å². The third kappa shape index (κ3) is 13.8. The molecule has 0 rings (SSSR count). The number of unbranched alkanes of at least 4 members (excludes halogenated alkanes) is 5. The van der Waals surface area contributed by atoms with E-state index in [0.29, 0.717) is 0 Å². The van der Waals surface area contributed by atoms with Gasteiger partial charge in [-0.25, -0.2) is 0 Å².